The normalized spacial score (nSPS) is 25.4. The van der Waals surface area contributed by atoms with Gasteiger partial charge in [0.05, 0.1) is 19.1 Å². The first-order valence-corrected chi connectivity index (χ1v) is 6.02. The van der Waals surface area contributed by atoms with Crippen LogP contribution in [0.3, 0.4) is 0 Å². The summed E-state index contributed by atoms with van der Waals surface area (Å²) in [4.78, 5) is 12.0. The Hall–Kier alpha value is -0.870. The molecule has 0 unspecified atom stereocenters. The van der Waals surface area contributed by atoms with Crippen molar-refractivity contribution in [2.45, 2.75) is 39.2 Å². The number of hydrogen-bond acceptors (Lipinski definition) is 4. The fraction of sp³-hybridized carbons (Fsp3) is 0.769. The van der Waals surface area contributed by atoms with Gasteiger partial charge in [0.15, 0.2) is 5.60 Å². The van der Waals surface area contributed by atoms with Crippen molar-refractivity contribution in [3.8, 4) is 0 Å². The molecular formula is C13H22O4. The predicted octanol–water partition coefficient (Wildman–Crippen LogP) is 1.27. The predicted molar refractivity (Wildman–Crippen MR) is 64.3 cm³/mol. The highest BCUT2D eigenvalue weighted by molar-refractivity contribution is 5.73. The first kappa shape index (κ1) is 14.2. The lowest BCUT2D eigenvalue weighted by Gasteiger charge is -2.31. The maximum Gasteiger partial charge on any atom is 0.310 e. The molecule has 0 bridgehead atoms. The van der Waals surface area contributed by atoms with Crippen molar-refractivity contribution >= 4 is 5.97 Å². The molecule has 98 valence electrons. The van der Waals surface area contributed by atoms with Gasteiger partial charge < -0.3 is 14.9 Å². The highest BCUT2D eigenvalue weighted by Gasteiger charge is 2.34. The molecule has 0 saturated carbocycles. The summed E-state index contributed by atoms with van der Waals surface area (Å²) in [5.74, 6) is -0.253. The van der Waals surface area contributed by atoms with E-state index in [1.807, 2.05) is 6.92 Å². The van der Waals surface area contributed by atoms with Gasteiger partial charge >= 0.3 is 5.97 Å². The second kappa shape index (κ2) is 5.65. The van der Waals surface area contributed by atoms with Gasteiger partial charge in [-0.1, -0.05) is 18.6 Å². The molecule has 0 aliphatic heterocycles. The van der Waals surface area contributed by atoms with Crippen LogP contribution in [-0.2, 0) is 9.53 Å². The maximum atomic E-state index is 12.0. The lowest BCUT2D eigenvalue weighted by molar-refractivity contribution is -0.174. The van der Waals surface area contributed by atoms with Crippen LogP contribution in [0, 0.1) is 11.8 Å². The van der Waals surface area contributed by atoms with Crippen LogP contribution in [0.25, 0.3) is 0 Å². The molecule has 0 fully saturated rings. The van der Waals surface area contributed by atoms with Gasteiger partial charge in [0.1, 0.15) is 0 Å². The highest BCUT2D eigenvalue weighted by atomic mass is 16.6. The summed E-state index contributed by atoms with van der Waals surface area (Å²) in [6, 6.07) is 0. The molecule has 0 amide bonds. The topological polar surface area (TPSA) is 66.8 Å². The number of carbonyl (C=O) groups is 1. The minimum Gasteiger partial charge on any atom is -0.454 e. The number of ether oxygens (including phenoxy) is 1. The summed E-state index contributed by atoms with van der Waals surface area (Å²) in [6.45, 7) is 4.87. The summed E-state index contributed by atoms with van der Waals surface area (Å²) in [6.07, 6.45) is 3.63. The molecule has 1 aliphatic carbocycles. The Morgan fingerprint density at radius 2 is 2.12 bits per heavy atom. The van der Waals surface area contributed by atoms with Gasteiger partial charge in [-0.05, 0) is 32.6 Å². The van der Waals surface area contributed by atoms with E-state index in [4.69, 9.17) is 14.9 Å². The van der Waals surface area contributed by atoms with Crippen molar-refractivity contribution < 1.29 is 19.7 Å². The highest BCUT2D eigenvalue weighted by Crippen LogP contribution is 2.31. The number of carbonyl (C=O) groups excluding carboxylic acids is 1. The number of allylic oxidation sites excluding steroid dienone is 2. The minimum absolute atomic E-state index is 0.170. The summed E-state index contributed by atoms with van der Waals surface area (Å²) >= 11 is 0. The van der Waals surface area contributed by atoms with Gasteiger partial charge in [-0.25, -0.2) is 0 Å². The van der Waals surface area contributed by atoms with Crippen molar-refractivity contribution in [3.05, 3.63) is 11.6 Å². The van der Waals surface area contributed by atoms with Gasteiger partial charge in [-0.15, -0.1) is 0 Å². The Balaban J connectivity index is 2.65. The molecule has 2 N–H and O–H groups in total. The Kier molecular flexibility index (Phi) is 4.71. The third-order valence-corrected chi connectivity index (χ3v) is 3.37. The number of esters is 1. The Morgan fingerprint density at radius 3 is 2.59 bits per heavy atom. The van der Waals surface area contributed by atoms with Crippen LogP contribution in [0.4, 0.5) is 0 Å². The molecule has 0 saturated heterocycles. The Labute approximate surface area is 102 Å². The second-order valence-electron chi connectivity index (χ2n) is 5.26. The first-order valence-electron chi connectivity index (χ1n) is 6.02. The molecule has 4 nitrogen and oxygen atoms in total. The number of rotatable bonds is 4. The van der Waals surface area contributed by atoms with E-state index >= 15 is 0 Å². The van der Waals surface area contributed by atoms with Crippen LogP contribution in [0.15, 0.2) is 11.6 Å². The quantitative estimate of drug-likeness (QED) is 0.575. The molecule has 0 aromatic heterocycles. The molecule has 1 rings (SSSR count). The molecule has 0 aromatic carbocycles. The second-order valence-corrected chi connectivity index (χ2v) is 5.26. The molecule has 0 radical (unpaired) electrons. The van der Waals surface area contributed by atoms with E-state index in [-0.39, 0.29) is 31.0 Å². The smallest absolute Gasteiger partial charge is 0.310 e. The fourth-order valence-electron chi connectivity index (χ4n) is 2.06. The largest absolute Gasteiger partial charge is 0.454 e. The van der Waals surface area contributed by atoms with Crippen molar-refractivity contribution in [3.63, 3.8) is 0 Å². The number of hydrogen-bond donors (Lipinski definition) is 2. The van der Waals surface area contributed by atoms with Crippen molar-refractivity contribution in [1.29, 1.82) is 0 Å². The number of aliphatic hydroxyl groups excluding tert-OH is 2. The fourth-order valence-corrected chi connectivity index (χ4v) is 2.06. The van der Waals surface area contributed by atoms with Crippen LogP contribution in [0.1, 0.15) is 33.6 Å². The van der Waals surface area contributed by atoms with E-state index in [2.05, 4.69) is 13.0 Å². The van der Waals surface area contributed by atoms with Crippen LogP contribution in [0.5, 0.6) is 0 Å². The lowest BCUT2D eigenvalue weighted by atomic mass is 9.81. The maximum absolute atomic E-state index is 12.0. The van der Waals surface area contributed by atoms with E-state index in [0.717, 1.165) is 6.42 Å². The van der Waals surface area contributed by atoms with Gasteiger partial charge in [0.2, 0.25) is 0 Å². The average molecular weight is 242 g/mol. The van der Waals surface area contributed by atoms with Crippen LogP contribution < -0.4 is 0 Å². The van der Waals surface area contributed by atoms with Gasteiger partial charge in [-0.2, -0.15) is 0 Å². The summed E-state index contributed by atoms with van der Waals surface area (Å²) in [5.41, 5.74) is 0.126. The molecule has 0 spiro atoms. The van der Waals surface area contributed by atoms with E-state index < -0.39 is 5.60 Å². The Morgan fingerprint density at radius 1 is 1.53 bits per heavy atom. The zero-order chi connectivity index (χ0) is 13.1. The first-order chi connectivity index (χ1) is 7.91. The van der Waals surface area contributed by atoms with Crippen LogP contribution >= 0.6 is 0 Å². The summed E-state index contributed by atoms with van der Waals surface area (Å²) in [5, 5.41) is 18.2. The van der Waals surface area contributed by atoms with Gasteiger partial charge in [0, 0.05) is 0 Å². The molecule has 17 heavy (non-hydrogen) atoms. The summed E-state index contributed by atoms with van der Waals surface area (Å²) < 4.78 is 5.21. The van der Waals surface area contributed by atoms with Crippen molar-refractivity contribution in [1.82, 2.24) is 0 Å². The van der Waals surface area contributed by atoms with Crippen LogP contribution in [-0.4, -0.2) is 35.0 Å². The average Bonchev–Trinajstić information content (AvgIpc) is 2.28. The zero-order valence-electron chi connectivity index (χ0n) is 10.8. The third kappa shape index (κ3) is 3.54. The Bertz CT molecular complexity index is 305. The van der Waals surface area contributed by atoms with Gasteiger partial charge in [0.25, 0.3) is 0 Å². The lowest BCUT2D eigenvalue weighted by Crippen LogP contribution is -2.42. The SMILES string of the molecule is CC1=CC[C@@H](C(=O)OC(C)(CO)CO)[C@H](C)C1. The van der Waals surface area contributed by atoms with E-state index in [0.29, 0.717) is 6.42 Å². The minimum atomic E-state index is -1.17. The molecule has 4 heteroatoms. The molecule has 2 atom stereocenters. The monoisotopic (exact) mass is 242 g/mol. The van der Waals surface area contributed by atoms with Gasteiger partial charge in [-0.3, -0.25) is 4.79 Å². The zero-order valence-corrected chi connectivity index (χ0v) is 10.8. The van der Waals surface area contributed by atoms with Crippen LogP contribution in [0.2, 0.25) is 0 Å². The molecule has 1 aliphatic rings. The van der Waals surface area contributed by atoms with E-state index in [1.54, 1.807) is 0 Å². The summed E-state index contributed by atoms with van der Waals surface area (Å²) in [7, 11) is 0. The van der Waals surface area contributed by atoms with E-state index in [9.17, 15) is 4.79 Å². The molecular weight excluding hydrogens is 220 g/mol. The standard InChI is InChI=1S/C13H22O4/c1-9-4-5-11(10(2)6-9)12(16)17-13(3,7-14)8-15/h4,10-11,14-15H,5-8H2,1-3H3/t10-,11-/m1/s1. The molecule has 0 aromatic rings. The third-order valence-electron chi connectivity index (χ3n) is 3.37. The molecule has 0 heterocycles. The number of aliphatic hydroxyl groups is 2. The van der Waals surface area contributed by atoms with E-state index in [1.165, 1.54) is 12.5 Å². The van der Waals surface area contributed by atoms with Crippen molar-refractivity contribution in [2.24, 2.45) is 11.8 Å². The van der Waals surface area contributed by atoms with Crippen molar-refractivity contribution in [2.75, 3.05) is 13.2 Å².